The predicted octanol–water partition coefficient (Wildman–Crippen LogP) is 1.74. The molecule has 24 heavy (non-hydrogen) atoms. The molecule has 1 aliphatic rings. The van der Waals surface area contributed by atoms with Gasteiger partial charge in [-0.25, -0.2) is 0 Å². The molecule has 2 aromatic rings. The lowest BCUT2D eigenvalue weighted by Gasteiger charge is -2.30. The molecule has 0 atom stereocenters. The highest BCUT2D eigenvalue weighted by Gasteiger charge is 2.18. The van der Waals surface area contributed by atoms with Crippen LogP contribution in [0.5, 0.6) is 5.75 Å². The van der Waals surface area contributed by atoms with Gasteiger partial charge in [0.25, 0.3) is 0 Å². The van der Waals surface area contributed by atoms with Gasteiger partial charge in [-0.3, -0.25) is 5.01 Å². The topological polar surface area (TPSA) is 29.3 Å². The van der Waals surface area contributed by atoms with Crippen LogP contribution in [0.1, 0.15) is 16.7 Å². The van der Waals surface area contributed by atoms with E-state index in [2.05, 4.69) is 41.3 Å². The first-order chi connectivity index (χ1) is 11.7. The summed E-state index contributed by atoms with van der Waals surface area (Å²) in [6, 6.07) is 16.9. The molecule has 0 unspecified atom stereocenters. The third kappa shape index (κ3) is 4.36. The Bertz CT molecular complexity index is 674. The molecule has 126 valence electrons. The van der Waals surface area contributed by atoms with Crippen molar-refractivity contribution < 1.29 is 9.64 Å². The minimum atomic E-state index is 0.866. The van der Waals surface area contributed by atoms with Crippen molar-refractivity contribution in [3.63, 3.8) is 0 Å². The van der Waals surface area contributed by atoms with Crippen molar-refractivity contribution in [3.05, 3.63) is 65.2 Å². The molecule has 1 fully saturated rings. The minimum absolute atomic E-state index is 0.866. The van der Waals surface area contributed by atoms with Crippen LogP contribution in [-0.2, 0) is 6.54 Å². The van der Waals surface area contributed by atoms with Gasteiger partial charge in [0.1, 0.15) is 12.3 Å². The molecule has 0 radical (unpaired) electrons. The van der Waals surface area contributed by atoms with E-state index < -0.39 is 0 Å². The standard InChI is InChI=1S/C20H25N3O/c1-17-7-9-18(10-8-17)16-22-11-13-23(14-12-22)21-15-19-5-3-4-6-20(19)24-2/h3-10,15H,11-14,16H2,1-2H3/p+1. The first-order valence-corrected chi connectivity index (χ1v) is 8.55. The number of piperazine rings is 1. The summed E-state index contributed by atoms with van der Waals surface area (Å²) in [5, 5.41) is 6.79. The van der Waals surface area contributed by atoms with Gasteiger partial charge < -0.3 is 9.64 Å². The second-order valence-electron chi connectivity index (χ2n) is 6.35. The van der Waals surface area contributed by atoms with E-state index in [4.69, 9.17) is 4.74 Å². The molecule has 0 spiro atoms. The van der Waals surface area contributed by atoms with Gasteiger partial charge in [-0.2, -0.15) is 5.10 Å². The SMILES string of the molecule is COc1ccccc1C=NN1CC[NH+](Cc2ccc(C)cc2)CC1. The Morgan fingerprint density at radius 2 is 1.79 bits per heavy atom. The highest BCUT2D eigenvalue weighted by atomic mass is 16.5. The minimum Gasteiger partial charge on any atom is -0.496 e. The lowest BCUT2D eigenvalue weighted by Crippen LogP contribution is -3.13. The number of para-hydroxylation sites is 1. The molecular formula is C20H26N3O+. The first kappa shape index (κ1) is 16.5. The highest BCUT2D eigenvalue weighted by molar-refractivity contribution is 5.83. The van der Waals surface area contributed by atoms with Crippen molar-refractivity contribution in [2.75, 3.05) is 33.3 Å². The lowest BCUT2D eigenvalue weighted by atomic mass is 10.1. The highest BCUT2D eigenvalue weighted by Crippen LogP contribution is 2.14. The Balaban J connectivity index is 1.51. The molecule has 0 bridgehead atoms. The number of methoxy groups -OCH3 is 1. The largest absolute Gasteiger partial charge is 0.496 e. The zero-order valence-electron chi connectivity index (χ0n) is 14.5. The number of rotatable bonds is 5. The number of benzene rings is 2. The molecule has 0 saturated carbocycles. The molecule has 0 aromatic heterocycles. The van der Waals surface area contributed by atoms with Gasteiger partial charge in [-0.15, -0.1) is 0 Å². The van der Waals surface area contributed by atoms with Crippen LogP contribution in [0.25, 0.3) is 0 Å². The molecule has 1 N–H and O–H groups in total. The maximum absolute atomic E-state index is 5.36. The quantitative estimate of drug-likeness (QED) is 0.849. The van der Waals surface area contributed by atoms with Gasteiger partial charge in [-0.1, -0.05) is 42.0 Å². The van der Waals surface area contributed by atoms with E-state index in [9.17, 15) is 0 Å². The number of ether oxygens (including phenoxy) is 1. The Morgan fingerprint density at radius 1 is 1.08 bits per heavy atom. The third-order valence-corrected chi connectivity index (χ3v) is 4.52. The third-order valence-electron chi connectivity index (χ3n) is 4.52. The van der Waals surface area contributed by atoms with Crippen LogP contribution in [0.15, 0.2) is 53.6 Å². The van der Waals surface area contributed by atoms with Gasteiger partial charge in [0.15, 0.2) is 0 Å². The van der Waals surface area contributed by atoms with Crippen LogP contribution in [0, 0.1) is 6.92 Å². The Kier molecular flexibility index (Phi) is 5.49. The monoisotopic (exact) mass is 324 g/mol. The molecule has 4 heteroatoms. The van der Waals surface area contributed by atoms with Crippen LogP contribution in [-0.4, -0.2) is 44.5 Å². The molecule has 1 saturated heterocycles. The van der Waals surface area contributed by atoms with Crippen LogP contribution >= 0.6 is 0 Å². The van der Waals surface area contributed by atoms with Crippen molar-refractivity contribution in [3.8, 4) is 5.75 Å². The normalized spacial score (nSPS) is 15.8. The number of nitrogens with zero attached hydrogens (tertiary/aromatic N) is 2. The zero-order chi connectivity index (χ0) is 16.8. The summed E-state index contributed by atoms with van der Waals surface area (Å²) in [6.45, 7) is 7.47. The van der Waals surface area contributed by atoms with E-state index in [1.54, 1.807) is 12.0 Å². The summed E-state index contributed by atoms with van der Waals surface area (Å²) in [5.41, 5.74) is 3.76. The molecular weight excluding hydrogens is 298 g/mol. The average Bonchev–Trinajstić information content (AvgIpc) is 2.63. The molecule has 4 nitrogen and oxygen atoms in total. The molecule has 1 heterocycles. The van der Waals surface area contributed by atoms with E-state index in [1.807, 2.05) is 30.5 Å². The fourth-order valence-corrected chi connectivity index (χ4v) is 3.01. The van der Waals surface area contributed by atoms with Crippen molar-refractivity contribution in [1.29, 1.82) is 0 Å². The van der Waals surface area contributed by atoms with E-state index in [-0.39, 0.29) is 0 Å². The zero-order valence-corrected chi connectivity index (χ0v) is 14.5. The number of nitrogens with one attached hydrogen (secondary N) is 1. The van der Waals surface area contributed by atoms with Gasteiger partial charge in [0, 0.05) is 11.1 Å². The maximum Gasteiger partial charge on any atom is 0.127 e. The number of hydrogen-bond acceptors (Lipinski definition) is 3. The molecule has 2 aromatic carbocycles. The first-order valence-electron chi connectivity index (χ1n) is 8.55. The Morgan fingerprint density at radius 3 is 2.50 bits per heavy atom. The fraction of sp³-hybridized carbons (Fsp3) is 0.350. The van der Waals surface area contributed by atoms with E-state index in [1.165, 1.54) is 11.1 Å². The van der Waals surface area contributed by atoms with Crippen LogP contribution in [0.3, 0.4) is 0 Å². The predicted molar refractivity (Wildman–Crippen MR) is 97.7 cm³/mol. The van der Waals surface area contributed by atoms with Crippen LogP contribution < -0.4 is 9.64 Å². The van der Waals surface area contributed by atoms with Crippen molar-refractivity contribution in [2.24, 2.45) is 5.10 Å². The summed E-state index contributed by atoms with van der Waals surface area (Å²) < 4.78 is 5.36. The second-order valence-corrected chi connectivity index (χ2v) is 6.35. The summed E-state index contributed by atoms with van der Waals surface area (Å²) in [7, 11) is 1.69. The Labute approximate surface area is 144 Å². The van der Waals surface area contributed by atoms with Gasteiger partial charge in [0.05, 0.1) is 39.5 Å². The van der Waals surface area contributed by atoms with Crippen LogP contribution in [0.4, 0.5) is 0 Å². The van der Waals surface area contributed by atoms with Crippen molar-refractivity contribution in [2.45, 2.75) is 13.5 Å². The van der Waals surface area contributed by atoms with E-state index in [0.29, 0.717) is 0 Å². The summed E-state index contributed by atoms with van der Waals surface area (Å²) in [4.78, 5) is 1.63. The maximum atomic E-state index is 5.36. The molecule has 0 amide bonds. The van der Waals surface area contributed by atoms with Gasteiger partial charge >= 0.3 is 0 Å². The Hall–Kier alpha value is -2.33. The molecule has 0 aliphatic carbocycles. The van der Waals surface area contributed by atoms with Gasteiger partial charge in [0.2, 0.25) is 0 Å². The van der Waals surface area contributed by atoms with E-state index in [0.717, 1.165) is 44.0 Å². The average molecular weight is 324 g/mol. The number of hydrogen-bond donors (Lipinski definition) is 1. The number of hydrazone groups is 1. The summed E-state index contributed by atoms with van der Waals surface area (Å²) in [5.74, 6) is 0.866. The summed E-state index contributed by atoms with van der Waals surface area (Å²) >= 11 is 0. The number of quaternary nitrogens is 1. The molecule has 3 rings (SSSR count). The summed E-state index contributed by atoms with van der Waals surface area (Å²) in [6.07, 6.45) is 1.91. The number of aryl methyl sites for hydroxylation is 1. The van der Waals surface area contributed by atoms with E-state index >= 15 is 0 Å². The van der Waals surface area contributed by atoms with Crippen LogP contribution in [0.2, 0.25) is 0 Å². The smallest absolute Gasteiger partial charge is 0.127 e. The second kappa shape index (κ2) is 7.97. The molecule has 1 aliphatic heterocycles. The van der Waals surface area contributed by atoms with Crippen molar-refractivity contribution in [1.82, 2.24) is 5.01 Å². The van der Waals surface area contributed by atoms with Crippen molar-refractivity contribution >= 4 is 6.21 Å². The lowest BCUT2D eigenvalue weighted by molar-refractivity contribution is -0.918. The fourth-order valence-electron chi connectivity index (χ4n) is 3.01. The van der Waals surface area contributed by atoms with Gasteiger partial charge in [-0.05, 0) is 19.1 Å².